The van der Waals surface area contributed by atoms with E-state index in [1.54, 1.807) is 29.2 Å². The normalized spacial score (nSPS) is 13.9. The van der Waals surface area contributed by atoms with Crippen molar-refractivity contribution >= 4 is 0 Å². The second-order valence-electron chi connectivity index (χ2n) is 7.70. The minimum atomic E-state index is -0.273. The van der Waals surface area contributed by atoms with Gasteiger partial charge in [0.2, 0.25) is 0 Å². The highest BCUT2D eigenvalue weighted by atomic mass is 19.1. The first-order chi connectivity index (χ1) is 15.1. The SMILES string of the molecule is Cc1nn(-c2ccc(F)cc2)cc1CN1CCc2nc(-c3cccnc3)[nH]c(=O)c2C1. The maximum atomic E-state index is 13.2. The summed E-state index contributed by atoms with van der Waals surface area (Å²) in [7, 11) is 0. The Labute approximate surface area is 178 Å². The van der Waals surface area contributed by atoms with Crippen molar-refractivity contribution in [3.63, 3.8) is 0 Å². The maximum Gasteiger partial charge on any atom is 0.255 e. The van der Waals surface area contributed by atoms with Gasteiger partial charge in [-0.3, -0.25) is 14.7 Å². The molecule has 0 saturated carbocycles. The zero-order valence-corrected chi connectivity index (χ0v) is 17.0. The molecule has 5 rings (SSSR count). The molecule has 0 spiro atoms. The monoisotopic (exact) mass is 416 g/mol. The number of aryl methyl sites for hydroxylation is 1. The fourth-order valence-corrected chi connectivity index (χ4v) is 3.87. The van der Waals surface area contributed by atoms with E-state index in [0.29, 0.717) is 30.9 Å². The molecule has 0 amide bonds. The topological polar surface area (TPSA) is 79.7 Å². The number of H-pyrrole nitrogens is 1. The smallest absolute Gasteiger partial charge is 0.255 e. The lowest BCUT2D eigenvalue weighted by Crippen LogP contribution is -2.35. The van der Waals surface area contributed by atoms with E-state index in [0.717, 1.165) is 34.7 Å². The third kappa shape index (κ3) is 3.89. The van der Waals surface area contributed by atoms with E-state index in [1.165, 1.54) is 12.1 Å². The number of aromatic amines is 1. The molecule has 0 aliphatic carbocycles. The van der Waals surface area contributed by atoms with Gasteiger partial charge in [-0.25, -0.2) is 14.1 Å². The third-order valence-electron chi connectivity index (χ3n) is 5.57. The number of pyridine rings is 1. The van der Waals surface area contributed by atoms with Crippen molar-refractivity contribution in [1.29, 1.82) is 0 Å². The first-order valence-corrected chi connectivity index (χ1v) is 10.1. The van der Waals surface area contributed by atoms with E-state index in [1.807, 2.05) is 25.3 Å². The minimum Gasteiger partial charge on any atom is -0.306 e. The van der Waals surface area contributed by atoms with E-state index in [9.17, 15) is 9.18 Å². The van der Waals surface area contributed by atoms with Crippen LogP contribution in [0.4, 0.5) is 4.39 Å². The number of rotatable bonds is 4. The summed E-state index contributed by atoms with van der Waals surface area (Å²) in [5, 5.41) is 4.56. The average molecular weight is 416 g/mol. The van der Waals surface area contributed by atoms with E-state index >= 15 is 0 Å². The van der Waals surface area contributed by atoms with Gasteiger partial charge in [0.25, 0.3) is 5.56 Å². The molecule has 0 bridgehead atoms. The molecule has 4 aromatic rings. The Morgan fingerprint density at radius 1 is 1.19 bits per heavy atom. The van der Waals surface area contributed by atoms with Crippen molar-refractivity contribution < 1.29 is 4.39 Å². The fraction of sp³-hybridized carbons (Fsp3) is 0.217. The second-order valence-corrected chi connectivity index (χ2v) is 7.70. The first-order valence-electron chi connectivity index (χ1n) is 10.1. The van der Waals surface area contributed by atoms with E-state index in [4.69, 9.17) is 0 Å². The fourth-order valence-electron chi connectivity index (χ4n) is 3.87. The summed E-state index contributed by atoms with van der Waals surface area (Å²) in [4.78, 5) is 26.7. The van der Waals surface area contributed by atoms with Crippen molar-refractivity contribution in [3.8, 4) is 17.1 Å². The predicted molar refractivity (Wildman–Crippen MR) is 114 cm³/mol. The van der Waals surface area contributed by atoms with Crippen LogP contribution in [0, 0.1) is 12.7 Å². The molecule has 3 aromatic heterocycles. The highest BCUT2D eigenvalue weighted by molar-refractivity contribution is 5.53. The molecule has 7 nitrogen and oxygen atoms in total. The molecular formula is C23H21FN6O. The van der Waals surface area contributed by atoms with Gasteiger partial charge in [-0.15, -0.1) is 0 Å². The van der Waals surface area contributed by atoms with Crippen LogP contribution < -0.4 is 5.56 Å². The average Bonchev–Trinajstić information content (AvgIpc) is 3.15. The highest BCUT2D eigenvalue weighted by Gasteiger charge is 2.22. The number of hydrogen-bond acceptors (Lipinski definition) is 5. The summed E-state index contributed by atoms with van der Waals surface area (Å²) in [6.07, 6.45) is 6.06. The van der Waals surface area contributed by atoms with Crippen LogP contribution in [0.15, 0.2) is 59.8 Å². The summed E-state index contributed by atoms with van der Waals surface area (Å²) in [5.74, 6) is 0.284. The lowest BCUT2D eigenvalue weighted by molar-refractivity contribution is 0.241. The minimum absolute atomic E-state index is 0.104. The van der Waals surface area contributed by atoms with Gasteiger partial charge in [-0.2, -0.15) is 5.10 Å². The number of aromatic nitrogens is 5. The van der Waals surface area contributed by atoms with Crippen LogP contribution in [0.2, 0.25) is 0 Å². The Balaban J connectivity index is 1.36. The molecule has 1 aliphatic heterocycles. The van der Waals surface area contributed by atoms with Gasteiger partial charge in [-0.1, -0.05) is 0 Å². The Hall–Kier alpha value is -3.65. The molecule has 0 atom stereocenters. The number of hydrogen-bond donors (Lipinski definition) is 1. The third-order valence-corrected chi connectivity index (χ3v) is 5.57. The largest absolute Gasteiger partial charge is 0.306 e. The van der Waals surface area contributed by atoms with Crippen molar-refractivity contribution in [2.75, 3.05) is 6.54 Å². The molecule has 31 heavy (non-hydrogen) atoms. The van der Waals surface area contributed by atoms with Gasteiger partial charge < -0.3 is 4.98 Å². The van der Waals surface area contributed by atoms with Crippen LogP contribution >= 0.6 is 0 Å². The number of nitrogens with one attached hydrogen (secondary N) is 1. The van der Waals surface area contributed by atoms with Gasteiger partial charge in [0.1, 0.15) is 11.6 Å². The van der Waals surface area contributed by atoms with Gasteiger partial charge in [0.05, 0.1) is 22.6 Å². The molecular weight excluding hydrogens is 395 g/mol. The number of nitrogens with zero attached hydrogens (tertiary/aromatic N) is 5. The van der Waals surface area contributed by atoms with Gasteiger partial charge in [0.15, 0.2) is 0 Å². The quantitative estimate of drug-likeness (QED) is 0.553. The molecule has 0 saturated heterocycles. The van der Waals surface area contributed by atoms with Gasteiger partial charge in [-0.05, 0) is 43.3 Å². The molecule has 0 radical (unpaired) electrons. The molecule has 8 heteroatoms. The summed E-state index contributed by atoms with van der Waals surface area (Å²) in [6, 6.07) is 9.96. The number of benzene rings is 1. The summed E-state index contributed by atoms with van der Waals surface area (Å²) in [5.41, 5.74) is 5.04. The Kier molecular flexibility index (Phi) is 4.91. The zero-order chi connectivity index (χ0) is 21.4. The van der Waals surface area contributed by atoms with Gasteiger partial charge in [0, 0.05) is 55.8 Å². The first kappa shape index (κ1) is 19.3. The van der Waals surface area contributed by atoms with E-state index in [2.05, 4.69) is 25.0 Å². The molecule has 4 heterocycles. The molecule has 1 aliphatic rings. The van der Waals surface area contributed by atoms with Crippen molar-refractivity contribution in [2.24, 2.45) is 0 Å². The Bertz CT molecular complexity index is 1280. The number of halogens is 1. The molecule has 1 N–H and O–H groups in total. The lowest BCUT2D eigenvalue weighted by atomic mass is 10.1. The standard InChI is InChI=1S/C23H21FN6O/c1-15-17(13-30(28-15)19-6-4-18(24)5-7-19)12-29-10-8-21-20(14-29)23(31)27-22(26-21)16-3-2-9-25-11-16/h2-7,9,11,13H,8,10,12,14H2,1H3,(H,26,27,31). The lowest BCUT2D eigenvalue weighted by Gasteiger charge is -2.27. The van der Waals surface area contributed by atoms with Crippen molar-refractivity contribution in [2.45, 2.75) is 26.4 Å². The zero-order valence-electron chi connectivity index (χ0n) is 17.0. The van der Waals surface area contributed by atoms with Crippen molar-refractivity contribution in [3.05, 3.63) is 93.7 Å². The second kappa shape index (κ2) is 7.88. The summed E-state index contributed by atoms with van der Waals surface area (Å²) < 4.78 is 15.0. The van der Waals surface area contributed by atoms with Crippen LogP contribution in [0.5, 0.6) is 0 Å². The molecule has 1 aromatic carbocycles. The Morgan fingerprint density at radius 3 is 2.81 bits per heavy atom. The van der Waals surface area contributed by atoms with Crippen LogP contribution in [-0.2, 0) is 19.5 Å². The predicted octanol–water partition coefficient (Wildman–Crippen LogP) is 3.02. The molecule has 156 valence electrons. The summed E-state index contributed by atoms with van der Waals surface area (Å²) >= 11 is 0. The highest BCUT2D eigenvalue weighted by Crippen LogP contribution is 2.21. The van der Waals surface area contributed by atoms with Crippen LogP contribution in [0.3, 0.4) is 0 Å². The molecule has 0 fully saturated rings. The molecule has 0 unspecified atom stereocenters. The van der Waals surface area contributed by atoms with Gasteiger partial charge >= 0.3 is 0 Å². The van der Waals surface area contributed by atoms with Crippen LogP contribution in [-0.4, -0.2) is 36.2 Å². The summed E-state index contributed by atoms with van der Waals surface area (Å²) in [6.45, 7) is 3.97. The number of fused-ring (bicyclic) bond motifs is 1. The van der Waals surface area contributed by atoms with Crippen LogP contribution in [0.25, 0.3) is 17.1 Å². The maximum absolute atomic E-state index is 13.2. The van der Waals surface area contributed by atoms with E-state index < -0.39 is 0 Å². The Morgan fingerprint density at radius 2 is 2.03 bits per heavy atom. The van der Waals surface area contributed by atoms with Crippen LogP contribution in [0.1, 0.15) is 22.5 Å². The van der Waals surface area contributed by atoms with E-state index in [-0.39, 0.29) is 11.4 Å². The van der Waals surface area contributed by atoms with Crippen molar-refractivity contribution in [1.82, 2.24) is 29.6 Å².